The number of aromatic nitrogens is 1. The Bertz CT molecular complexity index is 974. The van der Waals surface area contributed by atoms with Crippen molar-refractivity contribution in [1.82, 2.24) is 10.3 Å². The number of benzene rings is 2. The van der Waals surface area contributed by atoms with Crippen LogP contribution in [0, 0.1) is 0 Å². The van der Waals surface area contributed by atoms with Crippen molar-refractivity contribution in [2.75, 3.05) is 13.2 Å². The van der Waals surface area contributed by atoms with Gasteiger partial charge in [0.15, 0.2) is 5.58 Å². The Labute approximate surface area is 152 Å². The molecule has 1 unspecified atom stereocenters. The molecule has 0 aliphatic carbocycles. The van der Waals surface area contributed by atoms with E-state index in [1.807, 2.05) is 0 Å². The molecule has 1 fully saturated rings. The first kappa shape index (κ1) is 17.5. The lowest BCUT2D eigenvalue weighted by Crippen LogP contribution is -2.34. The number of halogens is 3. The van der Waals surface area contributed by atoms with Gasteiger partial charge in [0.2, 0.25) is 5.89 Å². The van der Waals surface area contributed by atoms with Crippen molar-refractivity contribution in [3.05, 3.63) is 53.6 Å². The molecule has 3 aromatic rings. The number of rotatable bonds is 3. The molecule has 0 bridgehead atoms. The van der Waals surface area contributed by atoms with Crippen molar-refractivity contribution in [2.45, 2.75) is 18.6 Å². The largest absolute Gasteiger partial charge is 0.436 e. The summed E-state index contributed by atoms with van der Waals surface area (Å²) in [5.74, 6) is -0.0352. The lowest BCUT2D eigenvalue weighted by molar-refractivity contribution is -0.137. The standard InChI is InChI=1S/C19H15F3N2O3/c20-19(21,22)13-4-1-11(2-5-13)18-24-15-9-12(3-6-16(15)27-18)17(25)23-14-7-8-26-10-14/h1-6,9,14H,7-8,10H2,(H,23,25). The molecule has 0 saturated carbocycles. The van der Waals surface area contributed by atoms with Crippen LogP contribution in [0.4, 0.5) is 13.2 Å². The highest BCUT2D eigenvalue weighted by molar-refractivity contribution is 5.97. The molecular formula is C19H15F3N2O3. The monoisotopic (exact) mass is 376 g/mol. The first-order valence-corrected chi connectivity index (χ1v) is 8.37. The van der Waals surface area contributed by atoms with Gasteiger partial charge in [-0.2, -0.15) is 13.2 Å². The van der Waals surface area contributed by atoms with Gasteiger partial charge in [0.25, 0.3) is 5.91 Å². The first-order valence-electron chi connectivity index (χ1n) is 8.37. The van der Waals surface area contributed by atoms with Gasteiger partial charge in [0, 0.05) is 17.7 Å². The smallest absolute Gasteiger partial charge is 0.416 e. The number of amides is 1. The molecule has 5 nitrogen and oxygen atoms in total. The maximum absolute atomic E-state index is 12.7. The minimum atomic E-state index is -4.40. The van der Waals surface area contributed by atoms with E-state index in [0.29, 0.717) is 35.4 Å². The molecule has 4 rings (SSSR count). The van der Waals surface area contributed by atoms with Gasteiger partial charge in [-0.25, -0.2) is 4.98 Å². The van der Waals surface area contributed by atoms with E-state index < -0.39 is 11.7 Å². The van der Waals surface area contributed by atoms with E-state index in [0.717, 1.165) is 18.6 Å². The molecular weight excluding hydrogens is 361 g/mol. The van der Waals surface area contributed by atoms with Crippen LogP contribution >= 0.6 is 0 Å². The highest BCUT2D eigenvalue weighted by atomic mass is 19.4. The quantitative estimate of drug-likeness (QED) is 0.750. The van der Waals surface area contributed by atoms with E-state index in [4.69, 9.17) is 9.15 Å². The average Bonchev–Trinajstić information content (AvgIpc) is 3.29. The predicted octanol–water partition coefficient (Wildman–Crippen LogP) is 4.03. The second-order valence-corrected chi connectivity index (χ2v) is 6.31. The van der Waals surface area contributed by atoms with Crippen LogP contribution in [-0.2, 0) is 10.9 Å². The van der Waals surface area contributed by atoms with E-state index in [2.05, 4.69) is 10.3 Å². The van der Waals surface area contributed by atoms with E-state index in [1.54, 1.807) is 18.2 Å². The molecule has 27 heavy (non-hydrogen) atoms. The molecule has 8 heteroatoms. The predicted molar refractivity (Wildman–Crippen MR) is 91.1 cm³/mol. The van der Waals surface area contributed by atoms with Gasteiger partial charge in [-0.3, -0.25) is 4.79 Å². The number of ether oxygens (including phenoxy) is 1. The molecule has 0 spiro atoms. The maximum atomic E-state index is 12.7. The molecule has 0 radical (unpaired) electrons. The number of oxazole rings is 1. The van der Waals surface area contributed by atoms with Gasteiger partial charge in [-0.15, -0.1) is 0 Å². The van der Waals surface area contributed by atoms with Crippen molar-refractivity contribution < 1.29 is 27.1 Å². The average molecular weight is 376 g/mol. The van der Waals surface area contributed by atoms with Crippen LogP contribution in [0.2, 0.25) is 0 Å². The molecule has 1 N–H and O–H groups in total. The fourth-order valence-corrected chi connectivity index (χ4v) is 2.91. The second kappa shape index (κ2) is 6.70. The molecule has 1 aliphatic heterocycles. The van der Waals surface area contributed by atoms with Gasteiger partial charge in [-0.05, 0) is 48.9 Å². The third kappa shape index (κ3) is 3.66. The number of hydrogen-bond donors (Lipinski definition) is 1. The Kier molecular flexibility index (Phi) is 4.35. The minimum Gasteiger partial charge on any atom is -0.436 e. The molecule has 140 valence electrons. The molecule has 2 heterocycles. The Hall–Kier alpha value is -2.87. The summed E-state index contributed by atoms with van der Waals surface area (Å²) in [4.78, 5) is 16.6. The van der Waals surface area contributed by atoms with E-state index in [-0.39, 0.29) is 17.8 Å². The van der Waals surface area contributed by atoms with Gasteiger partial charge in [0.1, 0.15) is 5.52 Å². The number of nitrogens with zero attached hydrogens (tertiary/aromatic N) is 1. The van der Waals surface area contributed by atoms with Crippen LogP contribution in [0.1, 0.15) is 22.3 Å². The number of fused-ring (bicyclic) bond motifs is 1. The third-order valence-corrected chi connectivity index (χ3v) is 4.37. The van der Waals surface area contributed by atoms with E-state index >= 15 is 0 Å². The summed E-state index contributed by atoms with van der Waals surface area (Å²) in [6.45, 7) is 1.12. The molecule has 2 aromatic carbocycles. The van der Waals surface area contributed by atoms with Gasteiger partial charge in [0.05, 0.1) is 18.2 Å². The molecule has 1 aromatic heterocycles. The third-order valence-electron chi connectivity index (χ3n) is 4.37. The molecule has 1 aliphatic rings. The fraction of sp³-hybridized carbons (Fsp3) is 0.263. The van der Waals surface area contributed by atoms with Gasteiger partial charge < -0.3 is 14.5 Å². The number of nitrogens with one attached hydrogen (secondary N) is 1. The summed E-state index contributed by atoms with van der Waals surface area (Å²) in [6.07, 6.45) is -3.62. The fourth-order valence-electron chi connectivity index (χ4n) is 2.91. The van der Waals surface area contributed by atoms with Crippen molar-refractivity contribution in [3.63, 3.8) is 0 Å². The summed E-state index contributed by atoms with van der Waals surface area (Å²) < 4.78 is 48.8. The highest BCUT2D eigenvalue weighted by Gasteiger charge is 2.30. The lowest BCUT2D eigenvalue weighted by Gasteiger charge is -2.10. The van der Waals surface area contributed by atoms with E-state index in [9.17, 15) is 18.0 Å². The molecule has 1 amide bonds. The minimum absolute atomic E-state index is 0.00628. The van der Waals surface area contributed by atoms with Crippen LogP contribution in [0.5, 0.6) is 0 Å². The van der Waals surface area contributed by atoms with Crippen molar-refractivity contribution in [3.8, 4) is 11.5 Å². The topological polar surface area (TPSA) is 64.4 Å². The summed E-state index contributed by atoms with van der Waals surface area (Å²) in [7, 11) is 0. The Morgan fingerprint density at radius 1 is 1.15 bits per heavy atom. The van der Waals surface area contributed by atoms with Crippen LogP contribution in [0.15, 0.2) is 46.9 Å². The summed E-state index contributed by atoms with van der Waals surface area (Å²) >= 11 is 0. The normalized spacial score (nSPS) is 17.4. The Balaban J connectivity index is 1.58. The van der Waals surface area contributed by atoms with Crippen molar-refractivity contribution in [1.29, 1.82) is 0 Å². The van der Waals surface area contributed by atoms with Crippen LogP contribution in [-0.4, -0.2) is 30.1 Å². The number of hydrogen-bond acceptors (Lipinski definition) is 4. The summed E-state index contributed by atoms with van der Waals surface area (Å²) in [6, 6.07) is 9.40. The summed E-state index contributed by atoms with van der Waals surface area (Å²) in [5.41, 5.74) is 1.03. The SMILES string of the molecule is O=C(NC1CCOC1)c1ccc2oc(-c3ccc(C(F)(F)F)cc3)nc2c1. The Morgan fingerprint density at radius 3 is 2.59 bits per heavy atom. The van der Waals surface area contributed by atoms with Crippen LogP contribution in [0.3, 0.4) is 0 Å². The number of carbonyl (C=O) groups excluding carboxylic acids is 1. The molecule has 1 saturated heterocycles. The van der Waals surface area contributed by atoms with Crippen LogP contribution < -0.4 is 5.32 Å². The second-order valence-electron chi connectivity index (χ2n) is 6.31. The number of alkyl halides is 3. The van der Waals surface area contributed by atoms with Gasteiger partial charge >= 0.3 is 6.18 Å². The van der Waals surface area contributed by atoms with E-state index in [1.165, 1.54) is 12.1 Å². The zero-order valence-electron chi connectivity index (χ0n) is 14.0. The first-order chi connectivity index (χ1) is 12.9. The zero-order chi connectivity index (χ0) is 19.0. The summed E-state index contributed by atoms with van der Waals surface area (Å²) in [5, 5.41) is 2.89. The number of carbonyl (C=O) groups is 1. The van der Waals surface area contributed by atoms with Gasteiger partial charge in [-0.1, -0.05) is 0 Å². The van der Waals surface area contributed by atoms with Crippen LogP contribution in [0.25, 0.3) is 22.6 Å². The lowest BCUT2D eigenvalue weighted by atomic mass is 10.1. The maximum Gasteiger partial charge on any atom is 0.416 e. The zero-order valence-corrected chi connectivity index (χ0v) is 14.0. The highest BCUT2D eigenvalue weighted by Crippen LogP contribution is 2.31. The Morgan fingerprint density at radius 2 is 1.93 bits per heavy atom. The molecule has 1 atom stereocenters. The van der Waals surface area contributed by atoms with Crippen molar-refractivity contribution in [2.24, 2.45) is 0 Å². The van der Waals surface area contributed by atoms with Crippen molar-refractivity contribution >= 4 is 17.0 Å².